The fraction of sp³-hybridized carbons (Fsp3) is 0.500. The molecule has 0 aliphatic heterocycles. The van der Waals surface area contributed by atoms with Gasteiger partial charge in [0, 0.05) is 5.92 Å². The van der Waals surface area contributed by atoms with Crippen molar-refractivity contribution in [2.45, 2.75) is 39.7 Å². The smallest absolute Gasteiger partial charge is 0.163 e. The van der Waals surface area contributed by atoms with Gasteiger partial charge in [-0.3, -0.25) is 0 Å². The predicted molar refractivity (Wildman–Crippen MR) is 72.7 cm³/mol. The van der Waals surface area contributed by atoms with Gasteiger partial charge in [-0.15, -0.1) is 0 Å². The van der Waals surface area contributed by atoms with Crippen molar-refractivity contribution in [2.75, 3.05) is 0 Å². The zero-order valence-electron chi connectivity index (χ0n) is 10.5. The molecule has 0 amide bonds. The molecule has 0 fully saturated rings. The SMILES string of the molecule is CC(Cc1ccccc1)C(=S)OC(C)(C)C. The molecule has 0 aliphatic rings. The summed E-state index contributed by atoms with van der Waals surface area (Å²) in [6.45, 7) is 8.18. The second-order valence-corrected chi connectivity index (χ2v) is 5.53. The monoisotopic (exact) mass is 236 g/mol. The predicted octanol–water partition coefficient (Wildman–Crippen LogP) is 4.01. The Labute approximate surface area is 104 Å². The average Bonchev–Trinajstić information content (AvgIpc) is 2.16. The Morgan fingerprint density at radius 2 is 1.81 bits per heavy atom. The molecule has 1 rings (SSSR count). The summed E-state index contributed by atoms with van der Waals surface area (Å²) in [5.41, 5.74) is 1.11. The molecule has 88 valence electrons. The molecular weight excluding hydrogens is 216 g/mol. The topological polar surface area (TPSA) is 9.23 Å². The Morgan fingerprint density at radius 3 is 2.31 bits per heavy atom. The minimum Gasteiger partial charge on any atom is -0.481 e. The Morgan fingerprint density at radius 1 is 1.25 bits per heavy atom. The van der Waals surface area contributed by atoms with Gasteiger partial charge in [-0.2, -0.15) is 0 Å². The third-order valence-corrected chi connectivity index (χ3v) is 2.68. The summed E-state index contributed by atoms with van der Waals surface area (Å²) >= 11 is 5.30. The van der Waals surface area contributed by atoms with E-state index >= 15 is 0 Å². The van der Waals surface area contributed by atoms with Crippen LogP contribution in [0.4, 0.5) is 0 Å². The van der Waals surface area contributed by atoms with E-state index in [0.29, 0.717) is 5.05 Å². The van der Waals surface area contributed by atoms with Crippen LogP contribution < -0.4 is 0 Å². The highest BCUT2D eigenvalue weighted by atomic mass is 32.1. The standard InChI is InChI=1S/C14H20OS/c1-11(13(16)15-14(2,3)4)10-12-8-6-5-7-9-12/h5-9,11H,10H2,1-4H3. The molecule has 0 aromatic heterocycles. The van der Waals surface area contributed by atoms with E-state index in [2.05, 4.69) is 31.2 Å². The fourth-order valence-corrected chi connectivity index (χ4v) is 1.79. The molecule has 16 heavy (non-hydrogen) atoms. The Bertz CT molecular complexity index is 338. The third-order valence-electron chi connectivity index (χ3n) is 2.19. The first-order chi connectivity index (χ1) is 7.38. The number of hydrogen-bond donors (Lipinski definition) is 0. The lowest BCUT2D eigenvalue weighted by Gasteiger charge is -2.24. The molecule has 1 aromatic carbocycles. The van der Waals surface area contributed by atoms with Crippen LogP contribution in [0.1, 0.15) is 33.3 Å². The van der Waals surface area contributed by atoms with Crippen molar-refractivity contribution in [1.82, 2.24) is 0 Å². The minimum atomic E-state index is -0.192. The van der Waals surface area contributed by atoms with Crippen LogP contribution in [-0.2, 0) is 11.2 Å². The van der Waals surface area contributed by atoms with Gasteiger partial charge in [0.05, 0.1) is 0 Å². The summed E-state index contributed by atoms with van der Waals surface area (Å²) in [6.07, 6.45) is 0.940. The van der Waals surface area contributed by atoms with Crippen LogP contribution in [-0.4, -0.2) is 10.7 Å². The number of hydrogen-bond acceptors (Lipinski definition) is 2. The maximum atomic E-state index is 5.70. The highest BCUT2D eigenvalue weighted by Gasteiger charge is 2.18. The normalized spacial score (nSPS) is 13.2. The molecule has 1 nitrogen and oxygen atoms in total. The number of rotatable bonds is 3. The maximum Gasteiger partial charge on any atom is 0.163 e. The van der Waals surface area contributed by atoms with Gasteiger partial charge in [0.15, 0.2) is 5.05 Å². The third kappa shape index (κ3) is 4.75. The highest BCUT2D eigenvalue weighted by molar-refractivity contribution is 7.80. The number of benzene rings is 1. The van der Waals surface area contributed by atoms with Crippen molar-refractivity contribution in [2.24, 2.45) is 5.92 Å². The van der Waals surface area contributed by atoms with Crippen molar-refractivity contribution >= 4 is 17.3 Å². The van der Waals surface area contributed by atoms with Gasteiger partial charge in [0.2, 0.25) is 0 Å². The summed E-state index contributed by atoms with van der Waals surface area (Å²) < 4.78 is 5.70. The zero-order chi connectivity index (χ0) is 12.2. The van der Waals surface area contributed by atoms with Crippen molar-refractivity contribution in [3.63, 3.8) is 0 Å². The largest absolute Gasteiger partial charge is 0.481 e. The molecule has 1 aromatic rings. The van der Waals surface area contributed by atoms with Crippen molar-refractivity contribution < 1.29 is 4.74 Å². The number of thiocarbonyl (C=S) groups is 1. The molecule has 0 spiro atoms. The molecule has 0 radical (unpaired) electrons. The first-order valence-electron chi connectivity index (χ1n) is 5.65. The first-order valence-corrected chi connectivity index (χ1v) is 6.06. The molecule has 0 N–H and O–H groups in total. The molecule has 0 aliphatic carbocycles. The fourth-order valence-electron chi connectivity index (χ4n) is 1.45. The van der Waals surface area contributed by atoms with Gasteiger partial charge in [-0.05, 0) is 45.0 Å². The Balaban J connectivity index is 2.53. The number of ether oxygens (including phenoxy) is 1. The molecule has 0 saturated carbocycles. The highest BCUT2D eigenvalue weighted by Crippen LogP contribution is 2.16. The van der Waals surface area contributed by atoms with E-state index in [1.54, 1.807) is 0 Å². The summed E-state index contributed by atoms with van der Waals surface area (Å²) in [5.74, 6) is 0.275. The first kappa shape index (κ1) is 13.2. The average molecular weight is 236 g/mol. The quantitative estimate of drug-likeness (QED) is 0.733. The van der Waals surface area contributed by atoms with Gasteiger partial charge < -0.3 is 4.74 Å². The lowest BCUT2D eigenvalue weighted by Crippen LogP contribution is -2.27. The zero-order valence-corrected chi connectivity index (χ0v) is 11.3. The minimum absolute atomic E-state index is 0.192. The summed E-state index contributed by atoms with van der Waals surface area (Å²) in [6, 6.07) is 10.4. The molecule has 0 bridgehead atoms. The summed E-state index contributed by atoms with van der Waals surface area (Å²) in [7, 11) is 0. The lowest BCUT2D eigenvalue weighted by molar-refractivity contribution is 0.112. The lowest BCUT2D eigenvalue weighted by atomic mass is 10.0. The van der Waals surface area contributed by atoms with Crippen LogP contribution in [0.5, 0.6) is 0 Å². The van der Waals surface area contributed by atoms with Crippen LogP contribution >= 0.6 is 12.2 Å². The van der Waals surface area contributed by atoms with Gasteiger partial charge in [0.1, 0.15) is 5.60 Å². The van der Waals surface area contributed by atoms with Gasteiger partial charge in [-0.1, -0.05) is 37.3 Å². The van der Waals surface area contributed by atoms with Crippen molar-refractivity contribution in [1.29, 1.82) is 0 Å². The van der Waals surface area contributed by atoms with Gasteiger partial charge in [0.25, 0.3) is 0 Å². The van der Waals surface area contributed by atoms with E-state index in [1.807, 2.05) is 26.8 Å². The molecule has 1 atom stereocenters. The molecule has 1 unspecified atom stereocenters. The van der Waals surface area contributed by atoms with Crippen LogP contribution in [0.25, 0.3) is 0 Å². The second kappa shape index (κ2) is 5.44. The van der Waals surface area contributed by atoms with E-state index in [1.165, 1.54) is 5.56 Å². The van der Waals surface area contributed by atoms with E-state index in [9.17, 15) is 0 Å². The van der Waals surface area contributed by atoms with Crippen LogP contribution in [0.2, 0.25) is 0 Å². The summed E-state index contributed by atoms with van der Waals surface area (Å²) in [4.78, 5) is 0. The van der Waals surface area contributed by atoms with E-state index in [4.69, 9.17) is 17.0 Å². The molecule has 2 heteroatoms. The molecular formula is C14H20OS. The maximum absolute atomic E-state index is 5.70. The summed E-state index contributed by atoms with van der Waals surface area (Å²) in [5, 5.41) is 0.705. The van der Waals surface area contributed by atoms with E-state index < -0.39 is 0 Å². The van der Waals surface area contributed by atoms with Crippen LogP contribution in [0.15, 0.2) is 30.3 Å². The van der Waals surface area contributed by atoms with Crippen molar-refractivity contribution in [3.8, 4) is 0 Å². The van der Waals surface area contributed by atoms with Gasteiger partial charge in [-0.25, -0.2) is 0 Å². The molecule has 0 saturated heterocycles. The molecule has 0 heterocycles. The van der Waals surface area contributed by atoms with Gasteiger partial charge >= 0.3 is 0 Å². The second-order valence-electron chi connectivity index (χ2n) is 5.12. The Kier molecular flexibility index (Phi) is 4.48. The van der Waals surface area contributed by atoms with Crippen molar-refractivity contribution in [3.05, 3.63) is 35.9 Å². The van der Waals surface area contributed by atoms with E-state index in [0.717, 1.165) is 6.42 Å². The Hall–Kier alpha value is -0.890. The van der Waals surface area contributed by atoms with E-state index in [-0.39, 0.29) is 11.5 Å². The van der Waals surface area contributed by atoms with Crippen LogP contribution in [0, 0.1) is 5.92 Å². The van der Waals surface area contributed by atoms with Crippen LogP contribution in [0.3, 0.4) is 0 Å².